The molecule has 3 aromatic heterocycles. The highest BCUT2D eigenvalue weighted by molar-refractivity contribution is 5.94. The van der Waals surface area contributed by atoms with Crippen LogP contribution in [0.15, 0.2) is 70.1 Å². The number of hydrogen-bond donors (Lipinski definition) is 1. The number of hydrogen-bond acceptors (Lipinski definition) is 4. The van der Waals surface area contributed by atoms with Crippen molar-refractivity contribution in [1.82, 2.24) is 19.7 Å². The smallest absolute Gasteiger partial charge is 0.262 e. The first kappa shape index (κ1) is 15.6. The van der Waals surface area contributed by atoms with Crippen LogP contribution in [0.1, 0.15) is 11.5 Å². The topological polar surface area (TPSA) is 76.7 Å². The number of H-pyrrole nitrogens is 1. The third kappa shape index (κ3) is 2.54. The van der Waals surface area contributed by atoms with Gasteiger partial charge in [-0.2, -0.15) is 0 Å². The second kappa shape index (κ2) is 5.95. The normalized spacial score (nSPS) is 11.4. The Morgan fingerprint density at radius 3 is 2.67 bits per heavy atom. The van der Waals surface area contributed by atoms with E-state index in [4.69, 9.17) is 9.51 Å². The highest BCUT2D eigenvalue weighted by Crippen LogP contribution is 2.28. The first-order valence-corrected chi connectivity index (χ1v) is 8.69. The third-order valence-corrected chi connectivity index (χ3v) is 4.69. The number of aromatic amines is 1. The molecular formula is C21H16N4O2. The average molecular weight is 356 g/mol. The van der Waals surface area contributed by atoms with Crippen molar-refractivity contribution in [2.75, 3.05) is 0 Å². The molecule has 0 saturated carbocycles. The number of fused-ring (bicyclic) bond motifs is 2. The maximum absolute atomic E-state index is 13.2. The SMILES string of the molecule is Cc1cc(Cn2c(-c3c[nH]c4ccccc34)nc3ccccc3c2=O)no1. The summed E-state index contributed by atoms with van der Waals surface area (Å²) in [5.74, 6) is 1.32. The Bertz CT molecular complexity index is 1340. The minimum atomic E-state index is -0.0958. The van der Waals surface area contributed by atoms with Gasteiger partial charge in [0.05, 0.1) is 17.4 Å². The minimum Gasteiger partial charge on any atom is -0.361 e. The number of nitrogens with zero attached hydrogens (tertiary/aromatic N) is 3. The van der Waals surface area contributed by atoms with Gasteiger partial charge in [-0.3, -0.25) is 9.36 Å². The summed E-state index contributed by atoms with van der Waals surface area (Å²) < 4.78 is 6.83. The van der Waals surface area contributed by atoms with Crippen molar-refractivity contribution >= 4 is 21.8 Å². The van der Waals surface area contributed by atoms with Gasteiger partial charge in [-0.25, -0.2) is 4.98 Å². The predicted octanol–water partition coefficient (Wildman–Crippen LogP) is 3.89. The fourth-order valence-electron chi connectivity index (χ4n) is 3.43. The lowest BCUT2D eigenvalue weighted by atomic mass is 10.1. The summed E-state index contributed by atoms with van der Waals surface area (Å²) >= 11 is 0. The van der Waals surface area contributed by atoms with E-state index in [9.17, 15) is 4.79 Å². The molecule has 5 rings (SSSR count). The van der Waals surface area contributed by atoms with E-state index in [1.54, 1.807) is 10.6 Å². The molecule has 6 nitrogen and oxygen atoms in total. The van der Waals surface area contributed by atoms with Crippen molar-refractivity contribution in [3.05, 3.63) is 82.6 Å². The molecule has 2 aromatic carbocycles. The molecule has 132 valence electrons. The Labute approximate surface area is 154 Å². The molecule has 0 aliphatic heterocycles. The lowest BCUT2D eigenvalue weighted by molar-refractivity contribution is 0.388. The summed E-state index contributed by atoms with van der Waals surface area (Å²) in [6.07, 6.45) is 1.89. The zero-order valence-corrected chi connectivity index (χ0v) is 14.6. The number of rotatable bonds is 3. The third-order valence-electron chi connectivity index (χ3n) is 4.69. The van der Waals surface area contributed by atoms with Crippen LogP contribution in [0.3, 0.4) is 0 Å². The Morgan fingerprint density at radius 2 is 1.85 bits per heavy atom. The van der Waals surface area contributed by atoms with Crippen molar-refractivity contribution in [2.24, 2.45) is 0 Å². The lowest BCUT2D eigenvalue weighted by Gasteiger charge is -2.12. The van der Waals surface area contributed by atoms with Crippen LogP contribution in [-0.4, -0.2) is 19.7 Å². The van der Waals surface area contributed by atoms with Crippen LogP contribution in [0.4, 0.5) is 0 Å². The van der Waals surface area contributed by atoms with E-state index >= 15 is 0 Å². The van der Waals surface area contributed by atoms with Gasteiger partial charge >= 0.3 is 0 Å². The summed E-state index contributed by atoms with van der Waals surface area (Å²) in [5.41, 5.74) is 3.15. The van der Waals surface area contributed by atoms with E-state index in [1.165, 1.54) is 0 Å². The van der Waals surface area contributed by atoms with Gasteiger partial charge in [-0.05, 0) is 25.1 Å². The summed E-state index contributed by atoms with van der Waals surface area (Å²) in [4.78, 5) is 21.3. The Hall–Kier alpha value is -3.67. The first-order chi connectivity index (χ1) is 13.2. The fourth-order valence-corrected chi connectivity index (χ4v) is 3.43. The Balaban J connectivity index is 1.81. The standard InChI is InChI=1S/C21H16N4O2/c1-13-10-14(24-27-13)12-25-20(17-11-22-18-8-4-2-6-15(17)18)23-19-9-5-3-7-16(19)21(25)26/h2-11,22H,12H2,1H3. The van der Waals surface area contributed by atoms with Gasteiger partial charge in [-0.15, -0.1) is 0 Å². The van der Waals surface area contributed by atoms with Crippen molar-refractivity contribution in [2.45, 2.75) is 13.5 Å². The lowest BCUT2D eigenvalue weighted by Crippen LogP contribution is -2.24. The Morgan fingerprint density at radius 1 is 1.07 bits per heavy atom. The molecule has 0 fully saturated rings. The van der Waals surface area contributed by atoms with Crippen LogP contribution in [0.5, 0.6) is 0 Å². The van der Waals surface area contributed by atoms with Crippen LogP contribution in [0, 0.1) is 6.92 Å². The van der Waals surface area contributed by atoms with E-state index in [0.29, 0.717) is 34.7 Å². The molecule has 0 bridgehead atoms. The zero-order valence-electron chi connectivity index (χ0n) is 14.6. The van der Waals surface area contributed by atoms with Gasteiger partial charge in [0.15, 0.2) is 0 Å². The predicted molar refractivity (Wildman–Crippen MR) is 104 cm³/mol. The quantitative estimate of drug-likeness (QED) is 0.532. The molecule has 0 radical (unpaired) electrons. The molecule has 0 aliphatic carbocycles. The molecule has 0 amide bonds. The number of nitrogens with one attached hydrogen (secondary N) is 1. The minimum absolute atomic E-state index is 0.0958. The van der Waals surface area contributed by atoms with Gasteiger partial charge in [0.25, 0.3) is 5.56 Å². The molecular weight excluding hydrogens is 340 g/mol. The summed E-state index contributed by atoms with van der Waals surface area (Å²) in [6.45, 7) is 2.13. The molecule has 3 heterocycles. The number of benzene rings is 2. The van der Waals surface area contributed by atoms with Crippen LogP contribution in [-0.2, 0) is 6.54 Å². The Kier molecular flexibility index (Phi) is 3.43. The second-order valence-corrected chi connectivity index (χ2v) is 6.52. The van der Waals surface area contributed by atoms with Gasteiger partial charge < -0.3 is 9.51 Å². The van der Waals surface area contributed by atoms with Gasteiger partial charge in [0.1, 0.15) is 17.3 Å². The van der Waals surface area contributed by atoms with Gasteiger partial charge in [0.2, 0.25) is 0 Å². The zero-order chi connectivity index (χ0) is 18.4. The molecule has 1 N–H and O–H groups in total. The molecule has 27 heavy (non-hydrogen) atoms. The number of aryl methyl sites for hydroxylation is 1. The summed E-state index contributed by atoms with van der Waals surface area (Å²) in [6, 6.07) is 17.2. The summed E-state index contributed by atoms with van der Waals surface area (Å²) in [5, 5.41) is 5.65. The second-order valence-electron chi connectivity index (χ2n) is 6.52. The number of para-hydroxylation sites is 2. The van der Waals surface area contributed by atoms with E-state index in [1.807, 2.05) is 61.7 Å². The average Bonchev–Trinajstić information content (AvgIpc) is 3.30. The summed E-state index contributed by atoms with van der Waals surface area (Å²) in [7, 11) is 0. The van der Waals surface area contributed by atoms with E-state index < -0.39 is 0 Å². The van der Waals surface area contributed by atoms with Crippen LogP contribution >= 0.6 is 0 Å². The highest BCUT2D eigenvalue weighted by atomic mass is 16.5. The molecule has 6 heteroatoms. The highest BCUT2D eigenvalue weighted by Gasteiger charge is 2.17. The van der Waals surface area contributed by atoms with Gasteiger partial charge in [-0.1, -0.05) is 35.5 Å². The van der Waals surface area contributed by atoms with Gasteiger partial charge in [0, 0.05) is 28.7 Å². The molecule has 0 atom stereocenters. The number of aromatic nitrogens is 4. The monoisotopic (exact) mass is 356 g/mol. The van der Waals surface area contributed by atoms with E-state index in [-0.39, 0.29) is 5.56 Å². The molecule has 5 aromatic rings. The van der Waals surface area contributed by atoms with Crippen molar-refractivity contribution in [1.29, 1.82) is 0 Å². The van der Waals surface area contributed by atoms with E-state index in [0.717, 1.165) is 16.5 Å². The van der Waals surface area contributed by atoms with E-state index in [2.05, 4.69) is 10.1 Å². The maximum atomic E-state index is 13.2. The molecule has 0 aliphatic rings. The van der Waals surface area contributed by atoms with Crippen LogP contribution < -0.4 is 5.56 Å². The van der Waals surface area contributed by atoms with Crippen molar-refractivity contribution in [3.63, 3.8) is 0 Å². The van der Waals surface area contributed by atoms with Crippen LogP contribution in [0.2, 0.25) is 0 Å². The maximum Gasteiger partial charge on any atom is 0.262 e. The van der Waals surface area contributed by atoms with Crippen LogP contribution in [0.25, 0.3) is 33.2 Å². The molecule has 0 unspecified atom stereocenters. The first-order valence-electron chi connectivity index (χ1n) is 8.69. The largest absolute Gasteiger partial charge is 0.361 e. The van der Waals surface area contributed by atoms with Crippen molar-refractivity contribution < 1.29 is 4.52 Å². The van der Waals surface area contributed by atoms with Crippen molar-refractivity contribution in [3.8, 4) is 11.4 Å². The fraction of sp³-hybridized carbons (Fsp3) is 0.0952. The molecule has 0 spiro atoms. The molecule has 0 saturated heterocycles.